The van der Waals surface area contributed by atoms with Crippen molar-refractivity contribution < 1.29 is 0 Å². The number of nitrogens with zero attached hydrogens (tertiary/aromatic N) is 2. The normalized spacial score (nSPS) is 23.9. The van der Waals surface area contributed by atoms with E-state index in [1.807, 2.05) is 12.3 Å². The topological polar surface area (TPSA) is 37.3 Å². The molecule has 1 saturated heterocycles. The summed E-state index contributed by atoms with van der Waals surface area (Å²) in [6.07, 6.45) is 3.08. The number of hydrogen-bond donors (Lipinski definition) is 1. The summed E-state index contributed by atoms with van der Waals surface area (Å²) in [5, 5.41) is 3.69. The Hall–Kier alpha value is -1.13. The summed E-state index contributed by atoms with van der Waals surface area (Å²) < 4.78 is 1.80. The van der Waals surface area contributed by atoms with Crippen LogP contribution in [0.1, 0.15) is 34.1 Å². The van der Waals surface area contributed by atoms with Crippen molar-refractivity contribution in [3.05, 3.63) is 34.7 Å². The molecule has 2 unspecified atom stereocenters. The molecule has 1 aliphatic heterocycles. The first-order valence-electron chi connectivity index (χ1n) is 8.08. The van der Waals surface area contributed by atoms with Gasteiger partial charge in [-0.25, -0.2) is 0 Å². The molecule has 1 N–H and O–H groups in total. The number of aromatic nitrogens is 1. The van der Waals surface area contributed by atoms with Gasteiger partial charge < -0.3 is 9.88 Å². The molecular weight excluding hydrogens is 262 g/mol. The third-order valence-corrected chi connectivity index (χ3v) is 4.91. The van der Waals surface area contributed by atoms with E-state index in [9.17, 15) is 4.79 Å². The average Bonchev–Trinajstić information content (AvgIpc) is 2.46. The summed E-state index contributed by atoms with van der Waals surface area (Å²) in [5.74, 6) is 0.683. The summed E-state index contributed by atoms with van der Waals surface area (Å²) >= 11 is 0. The lowest BCUT2D eigenvalue weighted by molar-refractivity contribution is 0.0487. The van der Waals surface area contributed by atoms with Crippen LogP contribution in [0.5, 0.6) is 0 Å². The molecule has 0 amide bonds. The van der Waals surface area contributed by atoms with Crippen LogP contribution in [0.2, 0.25) is 0 Å². The van der Waals surface area contributed by atoms with Gasteiger partial charge in [-0.05, 0) is 25.8 Å². The molecule has 21 heavy (non-hydrogen) atoms. The van der Waals surface area contributed by atoms with Gasteiger partial charge in [-0.15, -0.1) is 0 Å². The zero-order chi connectivity index (χ0) is 15.5. The Morgan fingerprint density at radius 1 is 1.38 bits per heavy atom. The van der Waals surface area contributed by atoms with Crippen molar-refractivity contribution in [3.8, 4) is 0 Å². The minimum Gasteiger partial charge on any atom is -0.314 e. The molecule has 0 saturated carbocycles. The van der Waals surface area contributed by atoms with E-state index in [2.05, 4.69) is 37.9 Å². The third kappa shape index (κ3) is 3.95. The van der Waals surface area contributed by atoms with Gasteiger partial charge in [0, 0.05) is 50.0 Å². The highest BCUT2D eigenvalue weighted by molar-refractivity contribution is 4.96. The van der Waals surface area contributed by atoms with E-state index in [1.54, 1.807) is 16.7 Å². The maximum atomic E-state index is 11.8. The van der Waals surface area contributed by atoms with E-state index in [0.29, 0.717) is 12.0 Å². The van der Waals surface area contributed by atoms with Gasteiger partial charge in [0.05, 0.1) is 0 Å². The number of rotatable bonds is 5. The van der Waals surface area contributed by atoms with Gasteiger partial charge in [0.1, 0.15) is 0 Å². The van der Waals surface area contributed by atoms with Crippen LogP contribution >= 0.6 is 0 Å². The molecule has 0 aromatic carbocycles. The van der Waals surface area contributed by atoms with Crippen LogP contribution in [0.3, 0.4) is 0 Å². The zero-order valence-electron chi connectivity index (χ0n) is 13.8. The van der Waals surface area contributed by atoms with Gasteiger partial charge >= 0.3 is 0 Å². The van der Waals surface area contributed by atoms with Crippen molar-refractivity contribution in [2.24, 2.45) is 5.92 Å². The summed E-state index contributed by atoms with van der Waals surface area (Å²) in [5.41, 5.74) is 0.228. The second kappa shape index (κ2) is 6.75. The molecule has 2 rings (SSSR count). The number of nitrogens with one attached hydrogen (secondary N) is 1. The van der Waals surface area contributed by atoms with Gasteiger partial charge in [-0.3, -0.25) is 9.69 Å². The molecule has 0 aliphatic carbocycles. The highest BCUT2D eigenvalue weighted by atomic mass is 16.1. The lowest BCUT2D eigenvalue weighted by atomic mass is 9.91. The van der Waals surface area contributed by atoms with Crippen molar-refractivity contribution >= 4 is 0 Å². The lowest BCUT2D eigenvalue weighted by Gasteiger charge is -2.47. The van der Waals surface area contributed by atoms with Crippen molar-refractivity contribution in [1.82, 2.24) is 14.8 Å². The molecule has 0 spiro atoms. The SMILES string of the molecule is CCC(C)C1CN(CCn2ccccc2=O)C(C)(C)CN1. The molecule has 0 bridgehead atoms. The van der Waals surface area contributed by atoms with Crippen molar-refractivity contribution in [3.63, 3.8) is 0 Å². The highest BCUT2D eigenvalue weighted by Gasteiger charge is 2.34. The fraction of sp³-hybridized carbons (Fsp3) is 0.706. The smallest absolute Gasteiger partial charge is 0.250 e. The van der Waals surface area contributed by atoms with E-state index in [0.717, 1.165) is 26.2 Å². The maximum absolute atomic E-state index is 11.8. The Balaban J connectivity index is 2.02. The first kappa shape index (κ1) is 16.2. The van der Waals surface area contributed by atoms with E-state index >= 15 is 0 Å². The average molecular weight is 291 g/mol. The Bertz CT molecular complexity index is 509. The number of hydrogen-bond acceptors (Lipinski definition) is 3. The Morgan fingerprint density at radius 2 is 2.14 bits per heavy atom. The predicted octanol–water partition coefficient (Wildman–Crippen LogP) is 1.95. The van der Waals surface area contributed by atoms with E-state index in [1.165, 1.54) is 6.42 Å². The maximum Gasteiger partial charge on any atom is 0.250 e. The fourth-order valence-corrected chi connectivity index (χ4v) is 2.98. The molecule has 118 valence electrons. The van der Waals surface area contributed by atoms with Crippen LogP contribution in [0.25, 0.3) is 0 Å². The lowest BCUT2D eigenvalue weighted by Crippen LogP contribution is -2.63. The number of piperazine rings is 1. The number of pyridine rings is 1. The summed E-state index contributed by atoms with van der Waals surface area (Å²) in [6.45, 7) is 12.9. The Kier molecular flexibility index (Phi) is 5.22. The molecule has 1 aromatic heterocycles. The first-order valence-corrected chi connectivity index (χ1v) is 8.08. The standard InChI is InChI=1S/C17H29N3O/c1-5-14(2)15-12-20(17(3,4)13-18-15)11-10-19-9-7-6-8-16(19)21/h6-9,14-15,18H,5,10-13H2,1-4H3. The van der Waals surface area contributed by atoms with Gasteiger partial charge in [0.25, 0.3) is 5.56 Å². The zero-order valence-corrected chi connectivity index (χ0v) is 13.8. The van der Waals surface area contributed by atoms with Crippen molar-refractivity contribution in [1.29, 1.82) is 0 Å². The van der Waals surface area contributed by atoms with Crippen LogP contribution in [0.15, 0.2) is 29.2 Å². The van der Waals surface area contributed by atoms with Crippen molar-refractivity contribution in [2.45, 2.75) is 52.2 Å². The molecule has 1 aromatic rings. The third-order valence-electron chi connectivity index (χ3n) is 4.91. The predicted molar refractivity (Wildman–Crippen MR) is 87.6 cm³/mol. The largest absolute Gasteiger partial charge is 0.314 e. The van der Waals surface area contributed by atoms with Gasteiger partial charge in [-0.2, -0.15) is 0 Å². The van der Waals surface area contributed by atoms with E-state index in [4.69, 9.17) is 0 Å². The van der Waals surface area contributed by atoms with E-state index < -0.39 is 0 Å². The van der Waals surface area contributed by atoms with Crippen LogP contribution in [-0.4, -0.2) is 40.7 Å². The summed E-state index contributed by atoms with van der Waals surface area (Å²) in [7, 11) is 0. The molecule has 4 nitrogen and oxygen atoms in total. The Morgan fingerprint density at radius 3 is 2.81 bits per heavy atom. The van der Waals surface area contributed by atoms with E-state index in [-0.39, 0.29) is 11.1 Å². The van der Waals surface area contributed by atoms with Crippen LogP contribution in [0.4, 0.5) is 0 Å². The monoisotopic (exact) mass is 291 g/mol. The minimum atomic E-state index is 0.0870. The van der Waals surface area contributed by atoms with Crippen LogP contribution in [0, 0.1) is 5.92 Å². The molecule has 2 heterocycles. The molecule has 1 fully saturated rings. The fourth-order valence-electron chi connectivity index (χ4n) is 2.98. The molecule has 0 radical (unpaired) electrons. The van der Waals surface area contributed by atoms with Crippen molar-refractivity contribution in [2.75, 3.05) is 19.6 Å². The van der Waals surface area contributed by atoms with Gasteiger partial charge in [-0.1, -0.05) is 26.3 Å². The summed E-state index contributed by atoms with van der Waals surface area (Å²) in [4.78, 5) is 14.3. The van der Waals surface area contributed by atoms with Crippen LogP contribution < -0.4 is 10.9 Å². The molecule has 1 aliphatic rings. The first-order chi connectivity index (χ1) is 9.94. The second-order valence-corrected chi connectivity index (χ2v) is 6.86. The summed E-state index contributed by atoms with van der Waals surface area (Å²) in [6, 6.07) is 5.90. The van der Waals surface area contributed by atoms with Gasteiger partial charge in [0.15, 0.2) is 0 Å². The highest BCUT2D eigenvalue weighted by Crippen LogP contribution is 2.22. The quantitative estimate of drug-likeness (QED) is 0.901. The molecular formula is C17H29N3O. The molecule has 4 heteroatoms. The molecule has 2 atom stereocenters. The minimum absolute atomic E-state index is 0.0870. The Labute approximate surface area is 128 Å². The second-order valence-electron chi connectivity index (χ2n) is 6.86. The van der Waals surface area contributed by atoms with Crippen LogP contribution in [-0.2, 0) is 6.54 Å². The van der Waals surface area contributed by atoms with Gasteiger partial charge in [0.2, 0.25) is 0 Å².